The second kappa shape index (κ2) is 10.6. The molecule has 0 aliphatic carbocycles. The van der Waals surface area contributed by atoms with Gasteiger partial charge < -0.3 is 16.8 Å². The molecule has 3 rings (SSSR count). The van der Waals surface area contributed by atoms with Gasteiger partial charge in [-0.25, -0.2) is 4.98 Å². The van der Waals surface area contributed by atoms with Crippen molar-refractivity contribution in [3.8, 4) is 28.5 Å². The molecule has 8 heteroatoms. The number of benzene rings is 2. The van der Waals surface area contributed by atoms with E-state index in [1.165, 1.54) is 11.3 Å². The molecule has 5 N–H and O–H groups in total. The Labute approximate surface area is 191 Å². The van der Waals surface area contributed by atoms with Crippen LogP contribution in [0.5, 0.6) is 0 Å². The van der Waals surface area contributed by atoms with Gasteiger partial charge in [0.2, 0.25) is 11.0 Å². The highest BCUT2D eigenvalue weighted by molar-refractivity contribution is 7.13. The lowest BCUT2D eigenvalue weighted by molar-refractivity contribution is -0.122. The molecule has 0 fully saturated rings. The van der Waals surface area contributed by atoms with Crippen LogP contribution < -0.4 is 16.8 Å². The minimum Gasteiger partial charge on any atom is -0.370 e. The van der Waals surface area contributed by atoms with E-state index in [1.807, 2.05) is 53.9 Å². The third kappa shape index (κ3) is 5.93. The van der Waals surface area contributed by atoms with Crippen LogP contribution in [0.2, 0.25) is 0 Å². The van der Waals surface area contributed by atoms with Crippen LogP contribution >= 0.6 is 11.3 Å². The van der Waals surface area contributed by atoms with Gasteiger partial charge in [-0.05, 0) is 35.1 Å². The largest absolute Gasteiger partial charge is 0.370 e. The van der Waals surface area contributed by atoms with Crippen molar-refractivity contribution >= 4 is 28.3 Å². The average molecular weight is 447 g/mol. The molecule has 0 aliphatic rings. The van der Waals surface area contributed by atoms with E-state index in [0.29, 0.717) is 17.5 Å². The molecule has 1 heterocycles. The van der Waals surface area contributed by atoms with Crippen LogP contribution in [0.4, 0.5) is 5.13 Å². The fourth-order valence-corrected chi connectivity index (χ4v) is 4.16. The first-order valence-electron chi connectivity index (χ1n) is 10.3. The van der Waals surface area contributed by atoms with Crippen molar-refractivity contribution < 1.29 is 4.79 Å². The first-order chi connectivity index (χ1) is 15.4. The predicted octanol–water partition coefficient (Wildman–Crippen LogP) is 4.15. The van der Waals surface area contributed by atoms with Crippen molar-refractivity contribution in [3.05, 3.63) is 59.5 Å². The summed E-state index contributed by atoms with van der Waals surface area (Å²) in [5.74, 6) is -0.0641. The number of nitrogens with one attached hydrogen (secondary N) is 1. The Kier molecular flexibility index (Phi) is 7.58. The van der Waals surface area contributed by atoms with Gasteiger partial charge in [0.1, 0.15) is 6.54 Å². The molecule has 0 radical (unpaired) electrons. The van der Waals surface area contributed by atoms with E-state index in [4.69, 9.17) is 16.7 Å². The summed E-state index contributed by atoms with van der Waals surface area (Å²) in [7, 11) is 0. The van der Waals surface area contributed by atoms with E-state index in [1.54, 1.807) is 0 Å². The molecule has 0 saturated carbocycles. The zero-order chi connectivity index (χ0) is 23.1. The molecule has 3 aromatic rings. The third-order valence-electron chi connectivity index (χ3n) is 4.89. The van der Waals surface area contributed by atoms with Crippen LogP contribution in [0.1, 0.15) is 31.7 Å². The lowest BCUT2D eigenvalue weighted by atomic mass is 9.88. The average Bonchev–Trinajstić information content (AvgIpc) is 3.24. The van der Waals surface area contributed by atoms with Gasteiger partial charge in [0.25, 0.3) is 0 Å². The number of nitrogens with zero attached hydrogens (tertiary/aromatic N) is 3. The van der Waals surface area contributed by atoms with Crippen LogP contribution in [0.3, 0.4) is 0 Å². The Bertz CT molecular complexity index is 1140. The van der Waals surface area contributed by atoms with Gasteiger partial charge in [0.15, 0.2) is 5.96 Å². The number of hydrogen-bond acceptors (Lipinski definition) is 5. The van der Waals surface area contributed by atoms with Crippen molar-refractivity contribution in [2.45, 2.75) is 26.2 Å². The summed E-state index contributed by atoms with van der Waals surface area (Å²) in [4.78, 5) is 21.0. The molecule has 164 valence electrons. The summed E-state index contributed by atoms with van der Waals surface area (Å²) in [5.41, 5.74) is 15.7. The fourth-order valence-electron chi connectivity index (χ4n) is 3.44. The van der Waals surface area contributed by atoms with Crippen LogP contribution in [0, 0.1) is 17.2 Å². The second-order valence-corrected chi connectivity index (χ2v) is 8.65. The number of carbonyl (C=O) groups is 1. The molecule has 32 heavy (non-hydrogen) atoms. The molecule has 1 unspecified atom stereocenters. The number of nitriles is 1. The number of guanidine groups is 1. The van der Waals surface area contributed by atoms with Gasteiger partial charge in [-0.15, -0.1) is 11.3 Å². The van der Waals surface area contributed by atoms with Gasteiger partial charge >= 0.3 is 0 Å². The number of rotatable bonds is 8. The monoisotopic (exact) mass is 446 g/mol. The number of aromatic nitrogens is 1. The van der Waals surface area contributed by atoms with E-state index in [9.17, 15) is 4.79 Å². The standard InChI is InChI=1S/C24H26N6OS/c1-15(2)12-20(22(31)28-11-10-25)17-8-6-16(7-9-17)18-4-3-5-19(13-18)21-14-32-24(29-21)30-23(26)27/h3-9,13-15,20H,11-12H2,1-2H3,(H,28,31)(H4,26,27,29,30). The summed E-state index contributed by atoms with van der Waals surface area (Å²) < 4.78 is 0. The van der Waals surface area contributed by atoms with Crippen molar-refractivity contribution in [2.75, 3.05) is 6.54 Å². The third-order valence-corrected chi connectivity index (χ3v) is 5.62. The summed E-state index contributed by atoms with van der Waals surface area (Å²) in [5, 5.41) is 13.9. The normalized spacial score (nSPS) is 11.6. The van der Waals surface area contributed by atoms with Gasteiger partial charge in [-0.1, -0.05) is 56.3 Å². The molecule has 1 atom stereocenters. The first kappa shape index (κ1) is 23.0. The van der Waals surface area contributed by atoms with Crippen LogP contribution in [-0.4, -0.2) is 23.4 Å². The quantitative estimate of drug-likeness (QED) is 0.272. The van der Waals surface area contributed by atoms with E-state index in [2.05, 4.69) is 35.2 Å². The Hall–Kier alpha value is -3.70. The smallest absolute Gasteiger partial charge is 0.228 e. The molecule has 0 aliphatic heterocycles. The van der Waals surface area contributed by atoms with Gasteiger partial charge in [0.05, 0.1) is 17.7 Å². The van der Waals surface area contributed by atoms with E-state index in [-0.39, 0.29) is 24.3 Å². The molecule has 1 amide bonds. The molecule has 1 aromatic heterocycles. The predicted molar refractivity (Wildman–Crippen MR) is 129 cm³/mol. The molecule has 0 spiro atoms. The lowest BCUT2D eigenvalue weighted by Gasteiger charge is -2.19. The molecular weight excluding hydrogens is 420 g/mol. The fraction of sp³-hybridized carbons (Fsp3) is 0.250. The maximum absolute atomic E-state index is 12.6. The topological polar surface area (TPSA) is 130 Å². The first-order valence-corrected chi connectivity index (χ1v) is 11.2. The van der Waals surface area contributed by atoms with Crippen molar-refractivity contribution in [1.82, 2.24) is 10.3 Å². The molecular formula is C24H26N6OS. The molecule has 7 nitrogen and oxygen atoms in total. The highest BCUT2D eigenvalue weighted by Crippen LogP contribution is 2.31. The summed E-state index contributed by atoms with van der Waals surface area (Å²) >= 11 is 1.38. The van der Waals surface area contributed by atoms with E-state index < -0.39 is 0 Å². The highest BCUT2D eigenvalue weighted by atomic mass is 32.1. The zero-order valence-corrected chi connectivity index (χ0v) is 18.9. The summed E-state index contributed by atoms with van der Waals surface area (Å²) in [6.45, 7) is 4.18. The molecule has 0 saturated heterocycles. The van der Waals surface area contributed by atoms with Crippen LogP contribution in [-0.2, 0) is 4.79 Å². The lowest BCUT2D eigenvalue weighted by Crippen LogP contribution is -2.30. The number of nitrogens with two attached hydrogens (primary N) is 2. The minimum atomic E-state index is -0.285. The van der Waals surface area contributed by atoms with E-state index in [0.717, 1.165) is 27.9 Å². The Balaban J connectivity index is 1.84. The Morgan fingerprint density at radius 3 is 2.53 bits per heavy atom. The maximum atomic E-state index is 12.6. The Morgan fingerprint density at radius 2 is 1.88 bits per heavy atom. The van der Waals surface area contributed by atoms with Gasteiger partial charge in [-0.2, -0.15) is 10.3 Å². The number of hydrogen-bond donors (Lipinski definition) is 3. The van der Waals surface area contributed by atoms with Gasteiger partial charge in [-0.3, -0.25) is 4.79 Å². The second-order valence-electron chi connectivity index (χ2n) is 7.81. The number of carbonyl (C=O) groups excluding carboxylic acids is 1. The van der Waals surface area contributed by atoms with Crippen LogP contribution in [0.15, 0.2) is 58.9 Å². The Morgan fingerprint density at radius 1 is 1.16 bits per heavy atom. The van der Waals surface area contributed by atoms with Crippen molar-refractivity contribution in [1.29, 1.82) is 5.26 Å². The summed E-state index contributed by atoms with van der Waals surface area (Å²) in [6, 6.07) is 18.0. The van der Waals surface area contributed by atoms with E-state index >= 15 is 0 Å². The highest BCUT2D eigenvalue weighted by Gasteiger charge is 2.21. The van der Waals surface area contributed by atoms with Crippen LogP contribution in [0.25, 0.3) is 22.4 Å². The number of aliphatic imine (C=N–C) groups is 1. The van der Waals surface area contributed by atoms with Crippen molar-refractivity contribution in [3.63, 3.8) is 0 Å². The van der Waals surface area contributed by atoms with Gasteiger partial charge in [0, 0.05) is 10.9 Å². The SMILES string of the molecule is CC(C)CC(C(=O)NCC#N)c1ccc(-c2cccc(-c3csc(N=C(N)N)n3)c2)cc1. The number of thiazole rings is 1. The summed E-state index contributed by atoms with van der Waals surface area (Å²) in [6.07, 6.45) is 0.716. The van der Waals surface area contributed by atoms with Crippen molar-refractivity contribution in [2.24, 2.45) is 22.4 Å². The molecule has 2 aromatic carbocycles. The minimum absolute atomic E-state index is 0.0137. The number of amides is 1. The zero-order valence-electron chi connectivity index (χ0n) is 18.1. The molecule has 0 bridgehead atoms. The maximum Gasteiger partial charge on any atom is 0.228 e.